The molecule has 1 N–H and O–H groups in total. The van der Waals surface area contributed by atoms with Gasteiger partial charge in [0.2, 0.25) is 15.9 Å². The highest BCUT2D eigenvalue weighted by Crippen LogP contribution is 2.27. The van der Waals surface area contributed by atoms with Crippen LogP contribution in [-0.4, -0.2) is 50.9 Å². The second kappa shape index (κ2) is 10.5. The summed E-state index contributed by atoms with van der Waals surface area (Å²) >= 11 is 3.45. The Kier molecular flexibility index (Phi) is 8.63. The Balaban J connectivity index is 1.86. The van der Waals surface area contributed by atoms with Gasteiger partial charge in [-0.3, -0.25) is 9.10 Å². The maximum atomic E-state index is 12.2. The van der Waals surface area contributed by atoms with E-state index in [0.717, 1.165) is 21.2 Å². The van der Waals surface area contributed by atoms with Crippen LogP contribution in [0, 0.1) is 0 Å². The van der Waals surface area contributed by atoms with Crippen LogP contribution in [0.5, 0.6) is 0 Å². The van der Waals surface area contributed by atoms with E-state index in [1.54, 1.807) is 18.2 Å². The van der Waals surface area contributed by atoms with Crippen molar-refractivity contribution < 1.29 is 13.2 Å². The highest BCUT2D eigenvalue weighted by Gasteiger charge is 2.21. The molecule has 0 saturated heterocycles. The summed E-state index contributed by atoms with van der Waals surface area (Å²) in [4.78, 5) is 13.2. The van der Waals surface area contributed by atoms with E-state index >= 15 is 0 Å². The number of benzene rings is 1. The molecule has 0 atom stereocenters. The van der Waals surface area contributed by atoms with Crippen LogP contribution in [-0.2, 0) is 14.8 Å². The molecule has 0 aliphatic heterocycles. The van der Waals surface area contributed by atoms with Gasteiger partial charge in [-0.2, -0.15) is 11.8 Å². The maximum absolute atomic E-state index is 12.2. The molecule has 0 heterocycles. The summed E-state index contributed by atoms with van der Waals surface area (Å²) in [5.41, 5.74) is 0.520. The lowest BCUT2D eigenvalue weighted by atomic mass is 10.0. The van der Waals surface area contributed by atoms with E-state index in [9.17, 15) is 13.2 Å². The van der Waals surface area contributed by atoms with Crippen molar-refractivity contribution in [3.05, 3.63) is 24.3 Å². The molecule has 0 radical (unpaired) electrons. The zero-order chi connectivity index (χ0) is 19.0. The van der Waals surface area contributed by atoms with E-state index in [-0.39, 0.29) is 12.5 Å². The van der Waals surface area contributed by atoms with Crippen LogP contribution in [0.25, 0.3) is 0 Å². The summed E-state index contributed by atoms with van der Waals surface area (Å²) in [7, 11) is -3.53. The molecule has 0 unspecified atom stereocenters. The third kappa shape index (κ3) is 7.04. The Bertz CT molecular complexity index is 689. The van der Waals surface area contributed by atoms with Crippen LogP contribution in [0.3, 0.4) is 0 Å². The minimum absolute atomic E-state index is 0.190. The molecule has 0 aromatic heterocycles. The number of hydrogen-bond acceptors (Lipinski definition) is 5. The van der Waals surface area contributed by atoms with Gasteiger partial charge in [0, 0.05) is 22.4 Å². The largest absolute Gasteiger partial charge is 0.354 e. The third-order valence-corrected chi connectivity index (χ3v) is 7.61. The van der Waals surface area contributed by atoms with Gasteiger partial charge in [-0.25, -0.2) is 8.42 Å². The number of nitrogens with zero attached hydrogens (tertiary/aromatic N) is 1. The molecule has 2 rings (SSSR count). The number of nitrogens with one attached hydrogen (secondary N) is 1. The predicted molar refractivity (Wildman–Crippen MR) is 113 cm³/mol. The van der Waals surface area contributed by atoms with Gasteiger partial charge in [0.25, 0.3) is 0 Å². The highest BCUT2D eigenvalue weighted by molar-refractivity contribution is 7.99. The van der Waals surface area contributed by atoms with Gasteiger partial charge in [0.05, 0.1) is 11.9 Å². The fourth-order valence-electron chi connectivity index (χ4n) is 3.00. The smallest absolute Gasteiger partial charge is 0.240 e. The van der Waals surface area contributed by atoms with E-state index in [2.05, 4.69) is 5.32 Å². The summed E-state index contributed by atoms with van der Waals surface area (Å²) in [6.45, 7) is 0.382. The Labute approximate surface area is 165 Å². The van der Waals surface area contributed by atoms with Gasteiger partial charge in [-0.15, -0.1) is 11.8 Å². The Morgan fingerprint density at radius 1 is 1.27 bits per heavy atom. The zero-order valence-corrected chi connectivity index (χ0v) is 17.9. The van der Waals surface area contributed by atoms with Crippen LogP contribution in [0.15, 0.2) is 29.2 Å². The van der Waals surface area contributed by atoms with E-state index in [1.165, 1.54) is 43.9 Å². The molecule has 5 nitrogen and oxygen atoms in total. The van der Waals surface area contributed by atoms with Crippen molar-refractivity contribution in [3.63, 3.8) is 0 Å². The second-order valence-electron chi connectivity index (χ2n) is 6.45. The molecule has 26 heavy (non-hydrogen) atoms. The van der Waals surface area contributed by atoms with E-state index in [0.29, 0.717) is 17.5 Å². The lowest BCUT2D eigenvalue weighted by Gasteiger charge is -2.23. The van der Waals surface area contributed by atoms with Crippen molar-refractivity contribution >= 4 is 45.1 Å². The quantitative estimate of drug-likeness (QED) is 0.494. The average molecular weight is 417 g/mol. The van der Waals surface area contributed by atoms with Gasteiger partial charge < -0.3 is 5.32 Å². The SMILES string of the molecule is CSc1cccc(N(CC(=O)NCCSC2CCCCC2)S(C)(=O)=O)c1. The number of carbonyl (C=O) groups excluding carboxylic acids is 1. The first kappa shape index (κ1) is 21.4. The molecule has 1 aliphatic carbocycles. The second-order valence-corrected chi connectivity index (χ2v) is 10.6. The van der Waals surface area contributed by atoms with Crippen LogP contribution >= 0.6 is 23.5 Å². The lowest BCUT2D eigenvalue weighted by Crippen LogP contribution is -2.41. The van der Waals surface area contributed by atoms with Crippen molar-refractivity contribution in [1.82, 2.24) is 5.32 Å². The Morgan fingerprint density at radius 2 is 2.00 bits per heavy atom. The fraction of sp³-hybridized carbons (Fsp3) is 0.611. The van der Waals surface area contributed by atoms with Crippen molar-refractivity contribution in [2.45, 2.75) is 42.2 Å². The highest BCUT2D eigenvalue weighted by atomic mass is 32.2. The van der Waals surface area contributed by atoms with E-state index in [4.69, 9.17) is 0 Å². The van der Waals surface area contributed by atoms with Crippen LogP contribution in [0.2, 0.25) is 0 Å². The first-order valence-electron chi connectivity index (χ1n) is 8.90. The molecule has 1 aliphatic rings. The van der Waals surface area contributed by atoms with Gasteiger partial charge in [0.15, 0.2) is 0 Å². The summed E-state index contributed by atoms with van der Waals surface area (Å²) in [6, 6.07) is 7.22. The van der Waals surface area contributed by atoms with Crippen LogP contribution < -0.4 is 9.62 Å². The number of amides is 1. The maximum Gasteiger partial charge on any atom is 0.240 e. The first-order valence-corrected chi connectivity index (χ1v) is 13.0. The zero-order valence-electron chi connectivity index (χ0n) is 15.4. The van der Waals surface area contributed by atoms with Gasteiger partial charge >= 0.3 is 0 Å². The molecule has 1 aromatic carbocycles. The lowest BCUT2D eigenvalue weighted by molar-refractivity contribution is -0.119. The van der Waals surface area contributed by atoms with Crippen molar-refractivity contribution in [1.29, 1.82) is 0 Å². The number of hydrogen-bond donors (Lipinski definition) is 1. The monoisotopic (exact) mass is 416 g/mol. The van der Waals surface area contributed by atoms with Crippen molar-refractivity contribution in [2.24, 2.45) is 0 Å². The minimum Gasteiger partial charge on any atom is -0.354 e. The first-order chi connectivity index (χ1) is 12.4. The molecular formula is C18H28N2O3S3. The van der Waals surface area contributed by atoms with Crippen molar-refractivity contribution in [3.8, 4) is 0 Å². The predicted octanol–water partition coefficient (Wildman–Crippen LogP) is 3.36. The number of carbonyl (C=O) groups is 1. The van der Waals surface area contributed by atoms with Crippen molar-refractivity contribution in [2.75, 3.05) is 35.7 Å². The molecule has 0 spiro atoms. The van der Waals surface area contributed by atoms with Gasteiger partial charge in [-0.05, 0) is 37.3 Å². The molecule has 146 valence electrons. The summed E-state index contributed by atoms with van der Waals surface area (Å²) < 4.78 is 25.4. The topological polar surface area (TPSA) is 66.5 Å². The molecule has 8 heteroatoms. The number of rotatable bonds is 9. The van der Waals surface area contributed by atoms with E-state index < -0.39 is 10.0 Å². The molecule has 1 amide bonds. The third-order valence-electron chi connectivity index (χ3n) is 4.36. The molecule has 1 aromatic rings. The van der Waals surface area contributed by atoms with E-state index in [1.807, 2.05) is 24.1 Å². The standard InChI is InChI=1S/C18H28N2O3S3/c1-24-17-10-6-7-15(13-17)20(26(2,22)23)14-18(21)19-11-12-25-16-8-4-3-5-9-16/h6-7,10,13,16H,3-5,8-9,11-12,14H2,1-2H3,(H,19,21). The Morgan fingerprint density at radius 3 is 2.65 bits per heavy atom. The Hall–Kier alpha value is -0.860. The minimum atomic E-state index is -3.53. The molecular weight excluding hydrogens is 388 g/mol. The number of thioether (sulfide) groups is 2. The summed E-state index contributed by atoms with van der Waals surface area (Å²) in [5, 5.41) is 3.56. The van der Waals surface area contributed by atoms with Gasteiger partial charge in [0.1, 0.15) is 6.54 Å². The number of anilines is 1. The fourth-order valence-corrected chi connectivity index (χ4v) is 5.52. The van der Waals surface area contributed by atoms with Crippen LogP contribution in [0.4, 0.5) is 5.69 Å². The van der Waals surface area contributed by atoms with Gasteiger partial charge in [-0.1, -0.05) is 25.3 Å². The normalized spacial score (nSPS) is 15.6. The molecule has 1 fully saturated rings. The average Bonchev–Trinajstić information content (AvgIpc) is 2.63. The summed E-state index contributed by atoms with van der Waals surface area (Å²) in [5.74, 6) is 0.603. The summed E-state index contributed by atoms with van der Waals surface area (Å²) in [6.07, 6.45) is 9.56. The van der Waals surface area contributed by atoms with Crippen LogP contribution in [0.1, 0.15) is 32.1 Å². The molecule has 0 bridgehead atoms. The molecule has 1 saturated carbocycles. The number of sulfonamides is 1.